The number of rotatable bonds is 5. The van der Waals surface area contributed by atoms with E-state index in [-0.39, 0.29) is 12.1 Å². The van der Waals surface area contributed by atoms with Crippen molar-refractivity contribution in [2.75, 3.05) is 33.3 Å². The van der Waals surface area contributed by atoms with Crippen molar-refractivity contribution in [1.82, 2.24) is 10.2 Å². The molecule has 0 amide bonds. The van der Waals surface area contributed by atoms with Gasteiger partial charge in [-0.15, -0.1) is 0 Å². The molecule has 0 aromatic rings. The first-order valence-corrected chi connectivity index (χ1v) is 5.49. The number of likely N-dealkylation sites (N-methyl/N-ethyl adjacent to an activating group) is 1. The van der Waals surface area contributed by atoms with Gasteiger partial charge in [0.2, 0.25) is 0 Å². The Bertz CT molecular complexity index is 211. The summed E-state index contributed by atoms with van der Waals surface area (Å²) < 4.78 is 41.4. The number of nitrogens with one attached hydrogen (secondary N) is 1. The lowest BCUT2D eigenvalue weighted by Crippen LogP contribution is -2.41. The van der Waals surface area contributed by atoms with Crippen LogP contribution in [0, 0.1) is 0 Å². The predicted molar refractivity (Wildman–Crippen MR) is 55.4 cm³/mol. The molecular weight excluding hydrogens is 221 g/mol. The van der Waals surface area contributed by atoms with E-state index < -0.39 is 12.7 Å². The van der Waals surface area contributed by atoms with Gasteiger partial charge in [-0.3, -0.25) is 4.90 Å². The third-order valence-electron chi connectivity index (χ3n) is 2.73. The van der Waals surface area contributed by atoms with Crippen LogP contribution in [0.3, 0.4) is 0 Å². The second-order valence-electron chi connectivity index (χ2n) is 4.28. The molecule has 0 aromatic carbocycles. The fraction of sp³-hybridized carbons (Fsp3) is 1.00. The summed E-state index contributed by atoms with van der Waals surface area (Å²) in [5.41, 5.74) is 0. The lowest BCUT2D eigenvalue weighted by Gasteiger charge is -2.21. The topological polar surface area (TPSA) is 24.5 Å². The Morgan fingerprint density at radius 3 is 2.62 bits per heavy atom. The summed E-state index contributed by atoms with van der Waals surface area (Å²) in [4.78, 5) is 1.27. The van der Waals surface area contributed by atoms with Gasteiger partial charge in [0.05, 0.1) is 12.6 Å². The lowest BCUT2D eigenvalue weighted by molar-refractivity contribution is -0.142. The van der Waals surface area contributed by atoms with E-state index in [1.54, 1.807) is 0 Å². The number of ether oxygens (including phenoxy) is 1. The van der Waals surface area contributed by atoms with E-state index in [2.05, 4.69) is 5.32 Å². The van der Waals surface area contributed by atoms with E-state index in [1.807, 2.05) is 6.92 Å². The van der Waals surface area contributed by atoms with Crippen LogP contribution in [-0.2, 0) is 4.74 Å². The van der Waals surface area contributed by atoms with Gasteiger partial charge in [0.1, 0.15) is 0 Å². The van der Waals surface area contributed by atoms with Crippen molar-refractivity contribution in [3.63, 3.8) is 0 Å². The Hall–Kier alpha value is -0.330. The zero-order chi connectivity index (χ0) is 12.2. The zero-order valence-corrected chi connectivity index (χ0v) is 9.68. The first-order chi connectivity index (χ1) is 7.38. The molecule has 0 aromatic heterocycles. The molecule has 1 fully saturated rings. The third-order valence-corrected chi connectivity index (χ3v) is 2.73. The Morgan fingerprint density at radius 1 is 1.44 bits per heavy atom. The first kappa shape index (κ1) is 13.7. The summed E-state index contributed by atoms with van der Waals surface area (Å²) in [5, 5.41) is 3.21. The minimum absolute atomic E-state index is 0.160. The Labute approximate surface area is 93.9 Å². The van der Waals surface area contributed by atoms with Crippen molar-refractivity contribution in [2.45, 2.75) is 31.7 Å². The van der Waals surface area contributed by atoms with Crippen LogP contribution >= 0.6 is 0 Å². The van der Waals surface area contributed by atoms with Gasteiger partial charge < -0.3 is 10.1 Å². The van der Waals surface area contributed by atoms with Crippen molar-refractivity contribution < 1.29 is 17.9 Å². The fourth-order valence-corrected chi connectivity index (χ4v) is 1.83. The normalized spacial score (nSPS) is 26.6. The van der Waals surface area contributed by atoms with Crippen molar-refractivity contribution in [3.05, 3.63) is 0 Å². The molecule has 1 aliphatic heterocycles. The van der Waals surface area contributed by atoms with E-state index in [4.69, 9.17) is 4.74 Å². The van der Waals surface area contributed by atoms with E-state index in [0.29, 0.717) is 13.1 Å². The summed E-state index contributed by atoms with van der Waals surface area (Å²) in [6, 6.07) is 0.277. The molecule has 2 atom stereocenters. The molecule has 1 rings (SSSR count). The maximum Gasteiger partial charge on any atom is 0.401 e. The maximum absolute atomic E-state index is 12.0. The van der Waals surface area contributed by atoms with Crippen LogP contribution in [0.15, 0.2) is 0 Å². The molecule has 0 spiro atoms. The van der Waals surface area contributed by atoms with Gasteiger partial charge in [-0.05, 0) is 20.4 Å². The van der Waals surface area contributed by atoms with Crippen molar-refractivity contribution in [3.8, 4) is 0 Å². The van der Waals surface area contributed by atoms with Crippen LogP contribution in [0.25, 0.3) is 0 Å². The van der Waals surface area contributed by atoms with E-state index in [0.717, 1.165) is 13.0 Å². The van der Waals surface area contributed by atoms with Gasteiger partial charge in [-0.2, -0.15) is 13.2 Å². The molecule has 3 nitrogen and oxygen atoms in total. The van der Waals surface area contributed by atoms with Crippen molar-refractivity contribution in [2.24, 2.45) is 0 Å². The average molecular weight is 240 g/mol. The van der Waals surface area contributed by atoms with Gasteiger partial charge >= 0.3 is 6.18 Å². The van der Waals surface area contributed by atoms with Crippen LogP contribution in [0.5, 0.6) is 0 Å². The van der Waals surface area contributed by atoms with E-state index in [9.17, 15) is 13.2 Å². The van der Waals surface area contributed by atoms with Crippen molar-refractivity contribution in [1.29, 1.82) is 0 Å². The molecule has 16 heavy (non-hydrogen) atoms. The number of alkyl halides is 3. The van der Waals surface area contributed by atoms with Gasteiger partial charge in [0.25, 0.3) is 0 Å². The van der Waals surface area contributed by atoms with Gasteiger partial charge in [0.15, 0.2) is 0 Å². The standard InChI is InChI=1S/C10H19F3N2O/c1-8-9(3-6-16-8)14-4-5-15(2)7-10(11,12)13/h8-9,14H,3-7H2,1-2H3. The minimum atomic E-state index is -4.11. The molecule has 1 aliphatic rings. The van der Waals surface area contributed by atoms with Gasteiger partial charge in [-0.1, -0.05) is 0 Å². The zero-order valence-electron chi connectivity index (χ0n) is 9.68. The highest BCUT2D eigenvalue weighted by Gasteiger charge is 2.29. The van der Waals surface area contributed by atoms with Crippen LogP contribution in [0.2, 0.25) is 0 Å². The predicted octanol–water partition coefficient (Wildman–Crippen LogP) is 1.25. The lowest BCUT2D eigenvalue weighted by atomic mass is 10.1. The summed E-state index contributed by atoms with van der Waals surface area (Å²) in [5.74, 6) is 0. The Morgan fingerprint density at radius 2 is 2.12 bits per heavy atom. The van der Waals surface area contributed by atoms with E-state index >= 15 is 0 Å². The van der Waals surface area contributed by atoms with Gasteiger partial charge in [-0.25, -0.2) is 0 Å². The summed E-state index contributed by atoms with van der Waals surface area (Å²) in [6.07, 6.45) is -3.02. The SMILES string of the molecule is CC1OCCC1NCCN(C)CC(F)(F)F. The maximum atomic E-state index is 12.0. The largest absolute Gasteiger partial charge is 0.401 e. The fourth-order valence-electron chi connectivity index (χ4n) is 1.83. The third kappa shape index (κ3) is 5.14. The molecule has 6 heteroatoms. The number of halogens is 3. The molecule has 0 radical (unpaired) electrons. The molecule has 1 saturated heterocycles. The minimum Gasteiger partial charge on any atom is -0.377 e. The number of nitrogens with zero attached hydrogens (tertiary/aromatic N) is 1. The molecule has 96 valence electrons. The quantitative estimate of drug-likeness (QED) is 0.782. The Balaban J connectivity index is 2.10. The van der Waals surface area contributed by atoms with E-state index in [1.165, 1.54) is 11.9 Å². The summed E-state index contributed by atoms with van der Waals surface area (Å²) in [7, 11) is 1.48. The molecule has 1 heterocycles. The first-order valence-electron chi connectivity index (χ1n) is 5.49. The molecule has 1 N–H and O–H groups in total. The smallest absolute Gasteiger partial charge is 0.377 e. The van der Waals surface area contributed by atoms with Crippen LogP contribution < -0.4 is 5.32 Å². The monoisotopic (exact) mass is 240 g/mol. The summed E-state index contributed by atoms with van der Waals surface area (Å²) in [6.45, 7) is 2.81. The Kier molecular flexibility index (Phi) is 5.01. The second-order valence-corrected chi connectivity index (χ2v) is 4.28. The molecule has 0 bridgehead atoms. The van der Waals surface area contributed by atoms with Gasteiger partial charge in [0, 0.05) is 25.7 Å². The number of hydrogen-bond acceptors (Lipinski definition) is 3. The molecule has 0 saturated carbocycles. The molecule has 0 aliphatic carbocycles. The number of hydrogen-bond donors (Lipinski definition) is 1. The molecule has 2 unspecified atom stereocenters. The second kappa shape index (κ2) is 5.84. The van der Waals surface area contributed by atoms with Crippen LogP contribution in [-0.4, -0.2) is 56.5 Å². The van der Waals surface area contributed by atoms with Crippen LogP contribution in [0.4, 0.5) is 13.2 Å². The highest BCUT2D eigenvalue weighted by atomic mass is 19.4. The highest BCUT2D eigenvalue weighted by Crippen LogP contribution is 2.15. The summed E-state index contributed by atoms with van der Waals surface area (Å²) >= 11 is 0. The van der Waals surface area contributed by atoms with Crippen LogP contribution in [0.1, 0.15) is 13.3 Å². The van der Waals surface area contributed by atoms with Crippen molar-refractivity contribution >= 4 is 0 Å². The average Bonchev–Trinajstić information content (AvgIpc) is 2.48. The molecular formula is C10H19F3N2O. The highest BCUT2D eigenvalue weighted by molar-refractivity contribution is 4.79.